The first kappa shape index (κ1) is 11.1. The maximum Gasteiger partial charge on any atom is 0.232 e. The summed E-state index contributed by atoms with van der Waals surface area (Å²) in [6.45, 7) is 3.59. The molecule has 1 atom stereocenters. The molecule has 86 valence electrons. The van der Waals surface area contributed by atoms with Crippen LogP contribution in [0.4, 0.5) is 5.69 Å². The summed E-state index contributed by atoms with van der Waals surface area (Å²) in [4.78, 5) is 11.8. The Hall–Kier alpha value is -1.39. The molecule has 1 aliphatic rings. The number of anilines is 1. The molecule has 1 unspecified atom stereocenters. The van der Waals surface area contributed by atoms with Crippen molar-refractivity contribution in [3.8, 4) is 0 Å². The van der Waals surface area contributed by atoms with Gasteiger partial charge in [-0.25, -0.2) is 0 Å². The van der Waals surface area contributed by atoms with Gasteiger partial charge in [0.2, 0.25) is 5.91 Å². The van der Waals surface area contributed by atoms with E-state index in [4.69, 9.17) is 9.47 Å². The van der Waals surface area contributed by atoms with Crippen LogP contribution < -0.4 is 5.32 Å². The minimum Gasteiger partial charge on any atom is -0.326 e. The van der Waals surface area contributed by atoms with Crippen LogP contribution in [0.25, 0.3) is 0 Å². The lowest BCUT2D eigenvalue weighted by Crippen LogP contribution is -2.46. The number of benzene rings is 1. The zero-order valence-electron chi connectivity index (χ0n) is 9.34. The van der Waals surface area contributed by atoms with Crippen LogP contribution in [0.1, 0.15) is 13.8 Å². The molecular weight excluding hydrogens is 206 g/mol. The maximum absolute atomic E-state index is 11.8. The molecule has 0 aliphatic carbocycles. The Balaban J connectivity index is 1.88. The first-order valence-corrected chi connectivity index (χ1v) is 5.33. The predicted octanol–water partition coefficient (Wildman–Crippen LogP) is 1.98. The van der Waals surface area contributed by atoms with E-state index in [0.29, 0.717) is 0 Å². The number of carbonyl (C=O) groups excluding carboxylic acids is 1. The van der Waals surface area contributed by atoms with Crippen molar-refractivity contribution in [1.82, 2.24) is 0 Å². The highest BCUT2D eigenvalue weighted by atomic mass is 16.9. The molecule has 0 radical (unpaired) electrons. The van der Waals surface area contributed by atoms with Gasteiger partial charge >= 0.3 is 0 Å². The number of ether oxygens (including phenoxy) is 2. The van der Waals surface area contributed by atoms with E-state index in [1.54, 1.807) is 13.8 Å². The Kier molecular flexibility index (Phi) is 3.22. The highest BCUT2D eigenvalue weighted by Gasteiger charge is 2.35. The molecule has 1 aliphatic heterocycles. The Labute approximate surface area is 94.6 Å². The predicted molar refractivity (Wildman–Crippen MR) is 59.7 cm³/mol. The Bertz CT molecular complexity index is 360. The third-order valence-electron chi connectivity index (χ3n) is 2.51. The van der Waals surface area contributed by atoms with Crippen molar-refractivity contribution in [3.05, 3.63) is 30.3 Å². The minimum absolute atomic E-state index is 0.0944. The van der Waals surface area contributed by atoms with Gasteiger partial charge < -0.3 is 14.8 Å². The van der Waals surface area contributed by atoms with Gasteiger partial charge in [0.25, 0.3) is 0 Å². The fourth-order valence-corrected chi connectivity index (χ4v) is 1.52. The number of hydrogen-bond donors (Lipinski definition) is 1. The van der Waals surface area contributed by atoms with Gasteiger partial charge in [0, 0.05) is 5.69 Å². The number of para-hydroxylation sites is 1. The van der Waals surface area contributed by atoms with Crippen LogP contribution in [0.2, 0.25) is 0 Å². The molecule has 0 spiro atoms. The second-order valence-corrected chi connectivity index (χ2v) is 3.85. The van der Waals surface area contributed by atoms with Gasteiger partial charge in [-0.2, -0.15) is 0 Å². The lowest BCUT2D eigenvalue weighted by atomic mass is 10.1. The van der Waals surface area contributed by atoms with E-state index < -0.39 is 6.29 Å². The summed E-state index contributed by atoms with van der Waals surface area (Å²) in [7, 11) is 0. The molecule has 16 heavy (non-hydrogen) atoms. The third-order valence-corrected chi connectivity index (χ3v) is 2.51. The molecule has 1 fully saturated rings. The van der Waals surface area contributed by atoms with Gasteiger partial charge in [-0.3, -0.25) is 4.79 Å². The van der Waals surface area contributed by atoms with Gasteiger partial charge in [0.05, 0.1) is 5.92 Å². The number of rotatable bonds is 3. The zero-order valence-corrected chi connectivity index (χ0v) is 9.34. The topological polar surface area (TPSA) is 47.6 Å². The highest BCUT2D eigenvalue weighted by molar-refractivity contribution is 5.92. The summed E-state index contributed by atoms with van der Waals surface area (Å²) in [6.07, 6.45) is -0.615. The smallest absolute Gasteiger partial charge is 0.232 e. The molecule has 1 N–H and O–H groups in total. The van der Waals surface area contributed by atoms with Gasteiger partial charge in [0.1, 0.15) is 0 Å². The van der Waals surface area contributed by atoms with Crippen LogP contribution >= 0.6 is 0 Å². The fourth-order valence-electron chi connectivity index (χ4n) is 1.52. The average Bonchev–Trinajstić information content (AvgIpc) is 2.25. The normalized spacial score (nSPS) is 25.6. The van der Waals surface area contributed by atoms with E-state index in [9.17, 15) is 4.79 Å². The molecule has 1 amide bonds. The molecule has 0 aromatic heterocycles. The lowest BCUT2D eigenvalue weighted by Gasteiger charge is -2.36. The van der Waals surface area contributed by atoms with E-state index in [2.05, 4.69) is 5.32 Å². The van der Waals surface area contributed by atoms with Crippen molar-refractivity contribution in [2.45, 2.75) is 26.4 Å². The second-order valence-electron chi connectivity index (χ2n) is 3.85. The Morgan fingerprint density at radius 2 is 1.94 bits per heavy atom. The highest BCUT2D eigenvalue weighted by Crippen LogP contribution is 2.24. The summed E-state index contributed by atoms with van der Waals surface area (Å²) < 4.78 is 10.6. The van der Waals surface area contributed by atoms with E-state index in [0.717, 1.165) is 5.69 Å². The first-order valence-electron chi connectivity index (χ1n) is 5.33. The number of carbonyl (C=O) groups is 1. The summed E-state index contributed by atoms with van der Waals surface area (Å²) in [5, 5.41) is 2.81. The Morgan fingerprint density at radius 3 is 2.50 bits per heavy atom. The van der Waals surface area contributed by atoms with E-state index in [1.165, 1.54) is 0 Å². The molecular formula is C12H15NO3. The summed E-state index contributed by atoms with van der Waals surface area (Å²) in [6, 6.07) is 9.34. The fraction of sp³-hybridized carbons (Fsp3) is 0.417. The van der Waals surface area contributed by atoms with Crippen molar-refractivity contribution in [2.24, 2.45) is 5.92 Å². The summed E-state index contributed by atoms with van der Waals surface area (Å²) in [5.74, 6) is -0.403. The molecule has 1 heterocycles. The van der Waals surface area contributed by atoms with Gasteiger partial charge in [-0.15, -0.1) is 0 Å². The van der Waals surface area contributed by atoms with Crippen LogP contribution in [-0.2, 0) is 14.3 Å². The monoisotopic (exact) mass is 221 g/mol. The Morgan fingerprint density at radius 1 is 1.31 bits per heavy atom. The van der Waals surface area contributed by atoms with Gasteiger partial charge in [-0.05, 0) is 26.0 Å². The standard InChI is InChI=1S/C12H15NO3/c1-8(12-15-9(2)16-12)11(14)13-10-6-4-3-5-7-10/h3-9,12H,1-2H3,(H,13,14). The molecule has 1 saturated heterocycles. The largest absolute Gasteiger partial charge is 0.326 e. The molecule has 1 aromatic rings. The average molecular weight is 221 g/mol. The van der Waals surface area contributed by atoms with Crippen LogP contribution in [0.5, 0.6) is 0 Å². The summed E-state index contributed by atoms with van der Waals surface area (Å²) >= 11 is 0. The number of hydrogen-bond acceptors (Lipinski definition) is 3. The van der Waals surface area contributed by atoms with Crippen molar-refractivity contribution in [2.75, 3.05) is 5.32 Å². The minimum atomic E-state index is -0.418. The van der Waals surface area contributed by atoms with Gasteiger partial charge in [-0.1, -0.05) is 18.2 Å². The third kappa shape index (κ3) is 2.40. The molecule has 2 rings (SSSR count). The van der Waals surface area contributed by atoms with Crippen LogP contribution in [-0.4, -0.2) is 18.5 Å². The van der Waals surface area contributed by atoms with Crippen molar-refractivity contribution < 1.29 is 14.3 Å². The molecule has 4 nitrogen and oxygen atoms in total. The molecule has 4 heteroatoms. The number of amides is 1. The van der Waals surface area contributed by atoms with Crippen LogP contribution in [0, 0.1) is 5.92 Å². The van der Waals surface area contributed by atoms with Crippen molar-refractivity contribution in [1.29, 1.82) is 0 Å². The molecule has 1 aromatic carbocycles. The van der Waals surface area contributed by atoms with E-state index in [-0.39, 0.29) is 18.1 Å². The lowest BCUT2D eigenvalue weighted by molar-refractivity contribution is -0.385. The molecule has 0 saturated carbocycles. The van der Waals surface area contributed by atoms with E-state index in [1.807, 2.05) is 30.3 Å². The zero-order chi connectivity index (χ0) is 11.5. The SMILES string of the molecule is CC1OC(C(C)C(=O)Nc2ccccc2)O1. The number of nitrogens with one attached hydrogen (secondary N) is 1. The molecule has 0 bridgehead atoms. The van der Waals surface area contributed by atoms with Crippen molar-refractivity contribution >= 4 is 11.6 Å². The van der Waals surface area contributed by atoms with E-state index >= 15 is 0 Å². The quantitative estimate of drug-likeness (QED) is 0.849. The van der Waals surface area contributed by atoms with Crippen LogP contribution in [0.15, 0.2) is 30.3 Å². The van der Waals surface area contributed by atoms with Gasteiger partial charge in [0.15, 0.2) is 12.6 Å². The first-order chi connectivity index (χ1) is 7.66. The maximum atomic E-state index is 11.8. The van der Waals surface area contributed by atoms with Crippen LogP contribution in [0.3, 0.4) is 0 Å². The summed E-state index contributed by atoms with van der Waals surface area (Å²) in [5.41, 5.74) is 0.784. The van der Waals surface area contributed by atoms with Crippen molar-refractivity contribution in [3.63, 3.8) is 0 Å². The second kappa shape index (κ2) is 4.63.